The van der Waals surface area contributed by atoms with Gasteiger partial charge < -0.3 is 0 Å². The molecule has 2 saturated carbocycles. The van der Waals surface area contributed by atoms with Crippen molar-refractivity contribution in [2.24, 2.45) is 34.3 Å². The Morgan fingerprint density at radius 2 is 2.00 bits per heavy atom. The molecule has 3 nitrogen and oxygen atoms in total. The molecule has 0 aromatic carbocycles. The quantitative estimate of drug-likeness (QED) is 0.701. The Bertz CT molecular complexity index is 352. The second kappa shape index (κ2) is 4.75. The largest absolute Gasteiger partial charge is 0.297 e. The molecule has 0 heterocycles. The fourth-order valence-corrected chi connectivity index (χ4v) is 4.22. The van der Waals surface area contributed by atoms with Gasteiger partial charge in [-0.25, -0.2) is 0 Å². The molecule has 2 rings (SSSR count). The van der Waals surface area contributed by atoms with E-state index in [-0.39, 0.29) is 23.0 Å². The zero-order valence-corrected chi connectivity index (χ0v) is 12.0. The third-order valence-corrected chi connectivity index (χ3v) is 5.74. The molecule has 102 valence electrons. The number of Topliss-reactive ketones (excluding diaryl/α,β-unsaturated/α-hetero) is 1. The van der Waals surface area contributed by atoms with E-state index in [9.17, 15) is 9.70 Å². The van der Waals surface area contributed by atoms with E-state index in [0.717, 1.165) is 19.3 Å². The number of ketones is 1. The number of fused-ring (bicyclic) bond motifs is 1. The topological polar surface area (TPSA) is 46.5 Å². The van der Waals surface area contributed by atoms with Crippen LogP contribution in [0.15, 0.2) is 5.18 Å². The van der Waals surface area contributed by atoms with E-state index >= 15 is 0 Å². The van der Waals surface area contributed by atoms with E-state index in [1.807, 2.05) is 0 Å². The van der Waals surface area contributed by atoms with Crippen molar-refractivity contribution in [1.29, 1.82) is 0 Å². The Hall–Kier alpha value is -0.730. The molecule has 0 spiro atoms. The van der Waals surface area contributed by atoms with Crippen molar-refractivity contribution in [3.05, 3.63) is 4.91 Å². The lowest BCUT2D eigenvalue weighted by Crippen LogP contribution is -2.54. The normalized spacial score (nSPS) is 44.8. The van der Waals surface area contributed by atoms with Crippen molar-refractivity contribution in [2.45, 2.75) is 59.4 Å². The van der Waals surface area contributed by atoms with Crippen LogP contribution in [0.25, 0.3) is 0 Å². The summed E-state index contributed by atoms with van der Waals surface area (Å²) in [7, 11) is 0. The lowest BCUT2D eigenvalue weighted by Gasteiger charge is -2.53. The highest BCUT2D eigenvalue weighted by atomic mass is 16.3. The third kappa shape index (κ3) is 1.92. The number of carbonyl (C=O) groups is 1. The number of carbonyl (C=O) groups excluding carboxylic acids is 1. The predicted molar refractivity (Wildman–Crippen MR) is 72.1 cm³/mol. The third-order valence-electron chi connectivity index (χ3n) is 5.74. The second-order valence-corrected chi connectivity index (χ2v) is 6.95. The Kier molecular flexibility index (Phi) is 3.61. The molecule has 0 radical (unpaired) electrons. The lowest BCUT2D eigenvalue weighted by atomic mass is 9.51. The molecular formula is C15H25NO2. The maximum atomic E-state index is 12.4. The lowest BCUT2D eigenvalue weighted by molar-refractivity contribution is -0.139. The van der Waals surface area contributed by atoms with Gasteiger partial charge in [-0.3, -0.25) is 4.79 Å². The van der Waals surface area contributed by atoms with Gasteiger partial charge in [0, 0.05) is 5.92 Å². The fraction of sp³-hybridized carbons (Fsp3) is 0.933. The minimum Gasteiger partial charge on any atom is -0.297 e. The SMILES string of the molecule is CC(C)C1CC2(C)C(C)CCCC2C(N=O)C1=O. The first-order valence-electron chi connectivity index (χ1n) is 7.28. The maximum Gasteiger partial charge on any atom is 0.164 e. The standard InChI is InChI=1S/C15H25NO2/c1-9(2)11-8-15(4)10(3)6-5-7-12(15)13(16-18)14(11)17/h9-13H,5-8H2,1-4H3. The molecule has 0 aromatic rings. The first-order valence-corrected chi connectivity index (χ1v) is 7.28. The molecule has 0 amide bonds. The Balaban J connectivity index is 2.37. The first-order chi connectivity index (χ1) is 8.41. The van der Waals surface area contributed by atoms with Crippen LogP contribution in [0.4, 0.5) is 0 Å². The predicted octanol–water partition coefficient (Wildman–Crippen LogP) is 3.81. The van der Waals surface area contributed by atoms with Gasteiger partial charge >= 0.3 is 0 Å². The summed E-state index contributed by atoms with van der Waals surface area (Å²) in [5.41, 5.74) is 0.125. The number of hydrogen-bond acceptors (Lipinski definition) is 3. The molecule has 0 aliphatic heterocycles. The van der Waals surface area contributed by atoms with E-state index in [4.69, 9.17) is 0 Å². The molecule has 2 aliphatic carbocycles. The summed E-state index contributed by atoms with van der Waals surface area (Å²) in [6.45, 7) is 8.73. The molecule has 5 atom stereocenters. The molecular weight excluding hydrogens is 226 g/mol. The molecule has 5 unspecified atom stereocenters. The smallest absolute Gasteiger partial charge is 0.164 e. The Labute approximate surface area is 110 Å². The summed E-state index contributed by atoms with van der Waals surface area (Å²) in [4.78, 5) is 23.6. The number of nitroso groups, excluding NO2 is 1. The highest BCUT2D eigenvalue weighted by Gasteiger charge is 2.54. The van der Waals surface area contributed by atoms with Crippen molar-refractivity contribution >= 4 is 5.78 Å². The van der Waals surface area contributed by atoms with Gasteiger partial charge in [-0.1, -0.05) is 45.7 Å². The van der Waals surface area contributed by atoms with Crippen molar-refractivity contribution in [2.75, 3.05) is 0 Å². The van der Waals surface area contributed by atoms with Crippen LogP contribution in [0.5, 0.6) is 0 Å². The first kappa shape index (κ1) is 13.7. The second-order valence-electron chi connectivity index (χ2n) is 6.95. The van der Waals surface area contributed by atoms with Crippen molar-refractivity contribution in [3.63, 3.8) is 0 Å². The fourth-order valence-electron chi connectivity index (χ4n) is 4.22. The summed E-state index contributed by atoms with van der Waals surface area (Å²) >= 11 is 0. The van der Waals surface area contributed by atoms with E-state index < -0.39 is 6.04 Å². The van der Waals surface area contributed by atoms with E-state index in [2.05, 4.69) is 32.9 Å². The van der Waals surface area contributed by atoms with Crippen LogP contribution in [-0.2, 0) is 4.79 Å². The van der Waals surface area contributed by atoms with Gasteiger partial charge in [0.15, 0.2) is 11.8 Å². The minimum absolute atomic E-state index is 0.0227. The summed E-state index contributed by atoms with van der Waals surface area (Å²) < 4.78 is 0. The van der Waals surface area contributed by atoms with Crippen LogP contribution in [0, 0.1) is 34.0 Å². The van der Waals surface area contributed by atoms with Gasteiger partial charge in [0.25, 0.3) is 0 Å². The van der Waals surface area contributed by atoms with E-state index in [0.29, 0.717) is 11.8 Å². The average molecular weight is 251 g/mol. The zero-order chi connectivity index (χ0) is 13.5. The van der Waals surface area contributed by atoms with Gasteiger partial charge in [-0.15, -0.1) is 0 Å². The molecule has 0 N–H and O–H groups in total. The average Bonchev–Trinajstić information content (AvgIpc) is 2.31. The molecule has 0 saturated heterocycles. The minimum atomic E-state index is -0.584. The van der Waals surface area contributed by atoms with Gasteiger partial charge in [0.1, 0.15) is 0 Å². The van der Waals surface area contributed by atoms with Crippen LogP contribution in [0.1, 0.15) is 53.4 Å². The molecule has 0 aromatic heterocycles. The van der Waals surface area contributed by atoms with Crippen LogP contribution in [0.2, 0.25) is 0 Å². The molecule has 0 bridgehead atoms. The summed E-state index contributed by atoms with van der Waals surface area (Å²) in [5.74, 6) is 1.22. The monoisotopic (exact) mass is 251 g/mol. The molecule has 3 heteroatoms. The van der Waals surface area contributed by atoms with Crippen LogP contribution >= 0.6 is 0 Å². The molecule has 2 aliphatic rings. The molecule has 18 heavy (non-hydrogen) atoms. The van der Waals surface area contributed by atoms with E-state index in [1.54, 1.807) is 0 Å². The van der Waals surface area contributed by atoms with E-state index in [1.165, 1.54) is 6.42 Å². The zero-order valence-electron chi connectivity index (χ0n) is 12.0. The highest BCUT2D eigenvalue weighted by molar-refractivity contribution is 5.88. The number of rotatable bonds is 2. The Morgan fingerprint density at radius 3 is 2.56 bits per heavy atom. The van der Waals surface area contributed by atoms with Crippen LogP contribution in [-0.4, -0.2) is 11.8 Å². The van der Waals surface area contributed by atoms with Gasteiger partial charge in [-0.05, 0) is 36.0 Å². The van der Waals surface area contributed by atoms with Crippen LogP contribution < -0.4 is 0 Å². The van der Waals surface area contributed by atoms with Gasteiger partial charge in [-0.2, -0.15) is 4.91 Å². The summed E-state index contributed by atoms with van der Waals surface area (Å²) in [6, 6.07) is -0.584. The maximum absolute atomic E-state index is 12.4. The van der Waals surface area contributed by atoms with Gasteiger partial charge in [0.2, 0.25) is 0 Å². The highest BCUT2D eigenvalue weighted by Crippen LogP contribution is 2.55. The summed E-state index contributed by atoms with van der Waals surface area (Å²) in [5, 5.41) is 3.23. The number of nitrogens with zero attached hydrogens (tertiary/aromatic N) is 1. The molecule has 2 fully saturated rings. The van der Waals surface area contributed by atoms with Crippen molar-refractivity contribution < 1.29 is 4.79 Å². The van der Waals surface area contributed by atoms with Crippen molar-refractivity contribution in [1.82, 2.24) is 0 Å². The van der Waals surface area contributed by atoms with Crippen molar-refractivity contribution in [3.8, 4) is 0 Å². The number of hydrogen-bond donors (Lipinski definition) is 0. The Morgan fingerprint density at radius 1 is 1.33 bits per heavy atom. The van der Waals surface area contributed by atoms with Crippen LogP contribution in [0.3, 0.4) is 0 Å². The van der Waals surface area contributed by atoms with Gasteiger partial charge in [0.05, 0.1) is 0 Å². The summed E-state index contributed by atoms with van der Waals surface area (Å²) in [6.07, 6.45) is 4.29.